The van der Waals surface area contributed by atoms with Crippen molar-refractivity contribution in [2.45, 2.75) is 6.92 Å². The number of nitrogens with two attached hydrogens (primary N) is 1. The molecule has 0 radical (unpaired) electrons. The molecular weight excluding hydrogens is 267 g/mol. The highest BCUT2D eigenvalue weighted by Crippen LogP contribution is 2.23. The first-order valence-corrected chi connectivity index (χ1v) is 5.98. The lowest BCUT2D eigenvalue weighted by Crippen LogP contribution is -2.13. The SMILES string of the molecule is Cc1c(N)cccc1NC(=O)c1ccc(F)cc1Cl. The van der Waals surface area contributed by atoms with Gasteiger partial charge in [-0.2, -0.15) is 0 Å². The van der Waals surface area contributed by atoms with E-state index < -0.39 is 11.7 Å². The van der Waals surface area contributed by atoms with Crippen molar-refractivity contribution in [3.63, 3.8) is 0 Å². The second-order valence-corrected chi connectivity index (χ2v) is 4.51. The monoisotopic (exact) mass is 278 g/mol. The molecule has 2 rings (SSSR count). The van der Waals surface area contributed by atoms with Gasteiger partial charge in [0.15, 0.2) is 0 Å². The van der Waals surface area contributed by atoms with Gasteiger partial charge >= 0.3 is 0 Å². The number of hydrogen-bond acceptors (Lipinski definition) is 2. The van der Waals surface area contributed by atoms with Gasteiger partial charge in [0.2, 0.25) is 0 Å². The minimum Gasteiger partial charge on any atom is -0.398 e. The van der Waals surface area contributed by atoms with Crippen LogP contribution in [0, 0.1) is 12.7 Å². The van der Waals surface area contributed by atoms with Crippen LogP contribution < -0.4 is 11.1 Å². The average molecular weight is 279 g/mol. The van der Waals surface area contributed by atoms with Crippen molar-refractivity contribution < 1.29 is 9.18 Å². The summed E-state index contributed by atoms with van der Waals surface area (Å²) in [7, 11) is 0. The summed E-state index contributed by atoms with van der Waals surface area (Å²) in [5.74, 6) is -0.889. The number of rotatable bonds is 2. The standard InChI is InChI=1S/C14H12ClFN2O/c1-8-12(17)3-2-4-13(8)18-14(19)10-6-5-9(16)7-11(10)15/h2-7H,17H2,1H3,(H,18,19). The molecule has 1 amide bonds. The third-order valence-electron chi connectivity index (χ3n) is 2.80. The normalized spacial score (nSPS) is 10.3. The molecule has 0 atom stereocenters. The number of anilines is 2. The van der Waals surface area contributed by atoms with Crippen LogP contribution in [0.15, 0.2) is 36.4 Å². The summed E-state index contributed by atoms with van der Waals surface area (Å²) in [6, 6.07) is 8.85. The number of nitrogen functional groups attached to an aromatic ring is 1. The van der Waals surface area contributed by atoms with E-state index in [-0.39, 0.29) is 10.6 Å². The number of halogens is 2. The van der Waals surface area contributed by atoms with Crippen LogP contribution in [0.4, 0.5) is 15.8 Å². The maximum atomic E-state index is 12.9. The molecule has 0 fully saturated rings. The summed E-state index contributed by atoms with van der Waals surface area (Å²) < 4.78 is 12.9. The first kappa shape index (κ1) is 13.4. The smallest absolute Gasteiger partial charge is 0.257 e. The Morgan fingerprint density at radius 2 is 2.05 bits per heavy atom. The summed E-state index contributed by atoms with van der Waals surface area (Å²) in [6.07, 6.45) is 0. The molecule has 3 N–H and O–H groups in total. The van der Waals surface area contributed by atoms with E-state index >= 15 is 0 Å². The van der Waals surface area contributed by atoms with Crippen molar-refractivity contribution >= 4 is 28.9 Å². The molecule has 98 valence electrons. The number of carbonyl (C=O) groups is 1. The van der Waals surface area contributed by atoms with Crippen LogP contribution in [0.1, 0.15) is 15.9 Å². The Hall–Kier alpha value is -2.07. The van der Waals surface area contributed by atoms with Crippen LogP contribution in [0.25, 0.3) is 0 Å². The summed E-state index contributed by atoms with van der Waals surface area (Å²) >= 11 is 5.84. The lowest BCUT2D eigenvalue weighted by Gasteiger charge is -2.10. The van der Waals surface area contributed by atoms with Gasteiger partial charge in [0.1, 0.15) is 5.82 Å². The van der Waals surface area contributed by atoms with E-state index in [1.165, 1.54) is 12.1 Å². The molecule has 3 nitrogen and oxygen atoms in total. The van der Waals surface area contributed by atoms with Gasteiger partial charge in [0.25, 0.3) is 5.91 Å². The fraction of sp³-hybridized carbons (Fsp3) is 0.0714. The third kappa shape index (κ3) is 2.85. The van der Waals surface area contributed by atoms with E-state index in [1.54, 1.807) is 25.1 Å². The van der Waals surface area contributed by atoms with E-state index in [4.69, 9.17) is 17.3 Å². The molecule has 0 heterocycles. The average Bonchev–Trinajstić information content (AvgIpc) is 2.34. The number of carbonyl (C=O) groups excluding carboxylic acids is 1. The minimum atomic E-state index is -0.485. The van der Waals surface area contributed by atoms with Gasteiger partial charge in [-0.25, -0.2) is 4.39 Å². The molecule has 0 aromatic heterocycles. The largest absolute Gasteiger partial charge is 0.398 e. The van der Waals surface area contributed by atoms with E-state index in [0.717, 1.165) is 11.6 Å². The molecule has 0 aliphatic rings. The molecule has 0 unspecified atom stereocenters. The van der Waals surface area contributed by atoms with Gasteiger partial charge in [0.05, 0.1) is 10.6 Å². The highest BCUT2D eigenvalue weighted by Gasteiger charge is 2.12. The Morgan fingerprint density at radius 3 is 2.74 bits per heavy atom. The van der Waals surface area contributed by atoms with Crippen molar-refractivity contribution in [3.8, 4) is 0 Å². The quantitative estimate of drug-likeness (QED) is 0.824. The molecule has 0 saturated carbocycles. The zero-order chi connectivity index (χ0) is 14.0. The number of hydrogen-bond donors (Lipinski definition) is 2. The number of benzene rings is 2. The Labute approximate surface area is 115 Å². The molecule has 0 aliphatic heterocycles. The second kappa shape index (κ2) is 5.28. The van der Waals surface area contributed by atoms with Crippen LogP contribution in [-0.2, 0) is 0 Å². The summed E-state index contributed by atoms with van der Waals surface area (Å²) in [5.41, 5.74) is 7.93. The molecule has 5 heteroatoms. The van der Waals surface area contributed by atoms with Crippen LogP contribution in [0.5, 0.6) is 0 Å². The van der Waals surface area contributed by atoms with Gasteiger partial charge in [-0.15, -0.1) is 0 Å². The highest BCUT2D eigenvalue weighted by atomic mass is 35.5. The first-order valence-electron chi connectivity index (χ1n) is 5.60. The molecule has 2 aromatic rings. The van der Waals surface area contributed by atoms with Gasteiger partial charge in [-0.1, -0.05) is 17.7 Å². The summed E-state index contributed by atoms with van der Waals surface area (Å²) in [5, 5.41) is 2.77. The van der Waals surface area contributed by atoms with Gasteiger partial charge in [-0.3, -0.25) is 4.79 Å². The van der Waals surface area contributed by atoms with Gasteiger partial charge in [-0.05, 0) is 42.8 Å². The van der Waals surface area contributed by atoms with Crippen LogP contribution >= 0.6 is 11.6 Å². The lowest BCUT2D eigenvalue weighted by molar-refractivity contribution is 0.102. The zero-order valence-corrected chi connectivity index (χ0v) is 11.0. The van der Waals surface area contributed by atoms with E-state index in [2.05, 4.69) is 5.32 Å². The predicted molar refractivity (Wildman–Crippen MR) is 75.0 cm³/mol. The zero-order valence-electron chi connectivity index (χ0n) is 10.2. The molecule has 0 aliphatic carbocycles. The first-order chi connectivity index (χ1) is 8.99. The fourth-order valence-corrected chi connectivity index (χ4v) is 1.91. The third-order valence-corrected chi connectivity index (χ3v) is 3.11. The summed E-state index contributed by atoms with van der Waals surface area (Å²) in [4.78, 5) is 12.1. The maximum Gasteiger partial charge on any atom is 0.257 e. The van der Waals surface area contributed by atoms with E-state index in [1.807, 2.05) is 0 Å². The van der Waals surface area contributed by atoms with Gasteiger partial charge < -0.3 is 11.1 Å². The van der Waals surface area contributed by atoms with Crippen molar-refractivity contribution in [2.75, 3.05) is 11.1 Å². The summed E-state index contributed by atoms with van der Waals surface area (Å²) in [6.45, 7) is 1.80. The second-order valence-electron chi connectivity index (χ2n) is 4.10. The van der Waals surface area contributed by atoms with Crippen molar-refractivity contribution in [3.05, 3.63) is 58.4 Å². The van der Waals surface area contributed by atoms with Gasteiger partial charge in [0, 0.05) is 11.4 Å². The molecule has 0 spiro atoms. The van der Waals surface area contributed by atoms with Crippen molar-refractivity contribution in [1.29, 1.82) is 0 Å². The highest BCUT2D eigenvalue weighted by molar-refractivity contribution is 6.34. The Bertz CT molecular complexity index is 643. The molecule has 19 heavy (non-hydrogen) atoms. The lowest BCUT2D eigenvalue weighted by atomic mass is 10.1. The predicted octanol–water partition coefficient (Wildman–Crippen LogP) is 3.62. The van der Waals surface area contributed by atoms with Crippen LogP contribution in [-0.4, -0.2) is 5.91 Å². The molecule has 0 bridgehead atoms. The van der Waals surface area contributed by atoms with Crippen molar-refractivity contribution in [1.82, 2.24) is 0 Å². The topological polar surface area (TPSA) is 55.1 Å². The molecule has 0 saturated heterocycles. The Balaban J connectivity index is 2.28. The minimum absolute atomic E-state index is 0.0686. The fourth-order valence-electron chi connectivity index (χ4n) is 1.65. The van der Waals surface area contributed by atoms with Crippen molar-refractivity contribution in [2.24, 2.45) is 0 Å². The maximum absolute atomic E-state index is 12.9. The molecular formula is C14H12ClFN2O. The van der Waals surface area contributed by atoms with Crippen LogP contribution in [0.2, 0.25) is 5.02 Å². The number of amides is 1. The molecule has 2 aromatic carbocycles. The Morgan fingerprint density at radius 1 is 1.32 bits per heavy atom. The Kier molecular flexibility index (Phi) is 3.71. The van der Waals surface area contributed by atoms with Crippen LogP contribution in [0.3, 0.4) is 0 Å². The van der Waals surface area contributed by atoms with E-state index in [9.17, 15) is 9.18 Å². The van der Waals surface area contributed by atoms with E-state index in [0.29, 0.717) is 11.4 Å². The number of nitrogens with one attached hydrogen (secondary N) is 1.